The Kier molecular flexibility index (Phi) is 5.28. The molecule has 2 aromatic rings. The van der Waals surface area contributed by atoms with Crippen molar-refractivity contribution in [3.05, 3.63) is 59.4 Å². The maximum atomic E-state index is 13.3. The fourth-order valence-corrected chi connectivity index (χ4v) is 2.29. The summed E-state index contributed by atoms with van der Waals surface area (Å²) in [6, 6.07) is 12.6. The molecule has 0 aromatic heterocycles. The van der Waals surface area contributed by atoms with Crippen LogP contribution in [0, 0.1) is 5.82 Å². The van der Waals surface area contributed by atoms with Crippen molar-refractivity contribution in [2.75, 3.05) is 5.32 Å². The van der Waals surface area contributed by atoms with E-state index in [1.54, 1.807) is 6.07 Å². The molecule has 110 valence electrons. The highest BCUT2D eigenvalue weighted by atomic mass is 32.1. The number of hydrogen-bond acceptors (Lipinski definition) is 2. The maximum absolute atomic E-state index is 13.3. The Bertz CT molecular complexity index is 623. The number of nitrogens with one attached hydrogen (secondary N) is 1. The SMILES string of the molecule is CCCCc1ccc(Nc2ccc(F)cc2C(N)=S)cc1. The van der Waals surface area contributed by atoms with Gasteiger partial charge in [0.2, 0.25) is 0 Å². The highest BCUT2D eigenvalue weighted by Crippen LogP contribution is 2.22. The van der Waals surface area contributed by atoms with Crippen LogP contribution in [0.15, 0.2) is 42.5 Å². The van der Waals surface area contributed by atoms with Crippen molar-refractivity contribution in [3.8, 4) is 0 Å². The Morgan fingerprint density at radius 3 is 2.52 bits per heavy atom. The first-order chi connectivity index (χ1) is 10.1. The average Bonchev–Trinajstić information content (AvgIpc) is 2.48. The van der Waals surface area contributed by atoms with Gasteiger partial charge in [-0.3, -0.25) is 0 Å². The van der Waals surface area contributed by atoms with Crippen LogP contribution < -0.4 is 11.1 Å². The summed E-state index contributed by atoms with van der Waals surface area (Å²) in [5.74, 6) is -0.349. The van der Waals surface area contributed by atoms with Crippen LogP contribution in [-0.4, -0.2) is 4.99 Å². The van der Waals surface area contributed by atoms with Gasteiger partial charge in [-0.2, -0.15) is 0 Å². The minimum atomic E-state index is -0.349. The van der Waals surface area contributed by atoms with Gasteiger partial charge in [0.05, 0.1) is 0 Å². The third-order valence-electron chi connectivity index (χ3n) is 3.30. The second-order valence-electron chi connectivity index (χ2n) is 4.98. The minimum absolute atomic E-state index is 0.177. The predicted octanol–water partition coefficient (Wildman–Crippen LogP) is 4.55. The lowest BCUT2D eigenvalue weighted by molar-refractivity contribution is 0.628. The Balaban J connectivity index is 2.16. The van der Waals surface area contributed by atoms with Crippen LogP contribution in [0.4, 0.5) is 15.8 Å². The van der Waals surface area contributed by atoms with Gasteiger partial charge in [0.25, 0.3) is 0 Å². The summed E-state index contributed by atoms with van der Waals surface area (Å²) in [5, 5.41) is 3.23. The zero-order chi connectivity index (χ0) is 15.2. The molecule has 3 N–H and O–H groups in total. The molecule has 0 heterocycles. The molecule has 4 heteroatoms. The Morgan fingerprint density at radius 1 is 1.19 bits per heavy atom. The molecule has 0 amide bonds. The standard InChI is InChI=1S/C17H19FN2S/c1-2-3-4-12-5-8-14(9-6-12)20-16-10-7-13(18)11-15(16)17(19)21/h5-11,20H,2-4H2,1H3,(H2,19,21). The van der Waals surface area contributed by atoms with Gasteiger partial charge < -0.3 is 11.1 Å². The molecule has 0 bridgehead atoms. The number of hydrogen-bond donors (Lipinski definition) is 2. The van der Waals surface area contributed by atoms with E-state index in [0.717, 1.165) is 12.1 Å². The summed E-state index contributed by atoms with van der Waals surface area (Å²) in [4.78, 5) is 0.177. The number of anilines is 2. The third-order valence-corrected chi connectivity index (χ3v) is 3.52. The van der Waals surface area contributed by atoms with Gasteiger partial charge in [0, 0.05) is 16.9 Å². The molecule has 2 rings (SSSR count). The Hall–Kier alpha value is -1.94. The van der Waals surface area contributed by atoms with Crippen molar-refractivity contribution in [1.82, 2.24) is 0 Å². The Morgan fingerprint density at radius 2 is 1.90 bits per heavy atom. The number of halogens is 1. The topological polar surface area (TPSA) is 38.0 Å². The molecule has 0 spiro atoms. The van der Waals surface area contributed by atoms with Gasteiger partial charge in [-0.25, -0.2) is 4.39 Å². The molecule has 0 radical (unpaired) electrons. The zero-order valence-corrected chi connectivity index (χ0v) is 12.8. The molecule has 2 nitrogen and oxygen atoms in total. The summed E-state index contributed by atoms with van der Waals surface area (Å²) >= 11 is 4.97. The zero-order valence-electron chi connectivity index (χ0n) is 12.0. The average molecular weight is 302 g/mol. The van der Waals surface area contributed by atoms with Gasteiger partial charge in [0.1, 0.15) is 10.8 Å². The fraction of sp³-hybridized carbons (Fsp3) is 0.235. The minimum Gasteiger partial charge on any atom is -0.389 e. The molecular weight excluding hydrogens is 283 g/mol. The van der Waals surface area contributed by atoms with Crippen LogP contribution in [0.25, 0.3) is 0 Å². The summed E-state index contributed by atoms with van der Waals surface area (Å²) in [6.07, 6.45) is 3.47. The van der Waals surface area contributed by atoms with Gasteiger partial charge >= 0.3 is 0 Å². The normalized spacial score (nSPS) is 10.4. The molecule has 0 fully saturated rings. The van der Waals surface area contributed by atoms with Crippen molar-refractivity contribution < 1.29 is 4.39 Å². The van der Waals surface area contributed by atoms with E-state index in [1.165, 1.54) is 30.5 Å². The summed E-state index contributed by atoms with van der Waals surface area (Å²) in [6.45, 7) is 2.18. The van der Waals surface area contributed by atoms with Crippen LogP contribution in [0.3, 0.4) is 0 Å². The number of rotatable bonds is 6. The van der Waals surface area contributed by atoms with E-state index in [-0.39, 0.29) is 10.8 Å². The molecule has 21 heavy (non-hydrogen) atoms. The molecule has 0 atom stereocenters. The molecule has 0 aliphatic rings. The van der Waals surface area contributed by atoms with Crippen molar-refractivity contribution in [1.29, 1.82) is 0 Å². The first kappa shape index (κ1) is 15.4. The van der Waals surface area contributed by atoms with E-state index in [4.69, 9.17) is 18.0 Å². The fourth-order valence-electron chi connectivity index (χ4n) is 2.12. The monoisotopic (exact) mass is 302 g/mol. The van der Waals surface area contributed by atoms with Crippen LogP contribution in [-0.2, 0) is 6.42 Å². The van der Waals surface area contributed by atoms with E-state index in [2.05, 4.69) is 24.4 Å². The van der Waals surface area contributed by atoms with Gasteiger partial charge in [-0.1, -0.05) is 37.7 Å². The summed E-state index contributed by atoms with van der Waals surface area (Å²) in [7, 11) is 0. The summed E-state index contributed by atoms with van der Waals surface area (Å²) < 4.78 is 13.3. The maximum Gasteiger partial charge on any atom is 0.124 e. The second kappa shape index (κ2) is 7.18. The molecular formula is C17H19FN2S. The summed E-state index contributed by atoms with van der Waals surface area (Å²) in [5.41, 5.74) is 9.11. The first-order valence-corrected chi connectivity index (χ1v) is 7.46. The van der Waals surface area contributed by atoms with Gasteiger partial charge in [0.15, 0.2) is 0 Å². The van der Waals surface area contributed by atoms with Crippen molar-refractivity contribution >= 4 is 28.6 Å². The molecule has 0 saturated heterocycles. The number of aryl methyl sites for hydroxylation is 1. The molecule has 0 saturated carbocycles. The lowest BCUT2D eigenvalue weighted by Crippen LogP contribution is -2.12. The van der Waals surface area contributed by atoms with E-state index in [9.17, 15) is 4.39 Å². The predicted molar refractivity (Wildman–Crippen MR) is 90.6 cm³/mol. The quantitative estimate of drug-likeness (QED) is 0.769. The van der Waals surface area contributed by atoms with Crippen molar-refractivity contribution in [3.63, 3.8) is 0 Å². The van der Waals surface area contributed by atoms with Crippen molar-refractivity contribution in [2.24, 2.45) is 5.73 Å². The second-order valence-corrected chi connectivity index (χ2v) is 5.42. The number of nitrogens with two attached hydrogens (primary N) is 1. The molecule has 0 unspecified atom stereocenters. The number of thiocarbonyl (C=S) groups is 1. The van der Waals surface area contributed by atoms with Crippen molar-refractivity contribution in [2.45, 2.75) is 26.2 Å². The highest BCUT2D eigenvalue weighted by Gasteiger charge is 2.07. The van der Waals surface area contributed by atoms with E-state index >= 15 is 0 Å². The van der Waals surface area contributed by atoms with Crippen LogP contribution in [0.2, 0.25) is 0 Å². The Labute approximate surface area is 130 Å². The molecule has 2 aromatic carbocycles. The van der Waals surface area contributed by atoms with Gasteiger partial charge in [-0.05, 0) is 48.7 Å². The molecule has 0 aliphatic heterocycles. The lowest BCUT2D eigenvalue weighted by Gasteiger charge is -2.12. The van der Waals surface area contributed by atoms with Crippen LogP contribution in [0.1, 0.15) is 30.9 Å². The van der Waals surface area contributed by atoms with E-state index in [0.29, 0.717) is 11.3 Å². The smallest absolute Gasteiger partial charge is 0.124 e. The largest absolute Gasteiger partial charge is 0.389 e. The number of unbranched alkanes of at least 4 members (excludes halogenated alkanes) is 1. The highest BCUT2D eigenvalue weighted by molar-refractivity contribution is 7.80. The van der Waals surface area contributed by atoms with Gasteiger partial charge in [-0.15, -0.1) is 0 Å². The van der Waals surface area contributed by atoms with E-state index < -0.39 is 0 Å². The third kappa shape index (κ3) is 4.26. The van der Waals surface area contributed by atoms with E-state index in [1.807, 2.05) is 12.1 Å². The van der Waals surface area contributed by atoms with Crippen LogP contribution >= 0.6 is 12.2 Å². The first-order valence-electron chi connectivity index (χ1n) is 7.05. The molecule has 0 aliphatic carbocycles. The number of benzene rings is 2. The lowest BCUT2D eigenvalue weighted by atomic mass is 10.1. The van der Waals surface area contributed by atoms with Crippen LogP contribution in [0.5, 0.6) is 0 Å².